The van der Waals surface area contributed by atoms with E-state index >= 15 is 0 Å². The summed E-state index contributed by atoms with van der Waals surface area (Å²) in [5.74, 6) is 2.19. The summed E-state index contributed by atoms with van der Waals surface area (Å²) in [5, 5.41) is 0. The summed E-state index contributed by atoms with van der Waals surface area (Å²) >= 11 is 3.40. The van der Waals surface area contributed by atoms with E-state index in [4.69, 9.17) is 15.2 Å². The topological polar surface area (TPSA) is 70.3 Å². The average molecular weight is 350 g/mol. The highest BCUT2D eigenvalue weighted by Gasteiger charge is 2.25. The Kier molecular flexibility index (Phi) is 4.07. The first kappa shape index (κ1) is 14.3. The van der Waals surface area contributed by atoms with Crippen molar-refractivity contribution in [2.24, 2.45) is 0 Å². The molecule has 1 unspecified atom stereocenters. The maximum Gasteiger partial charge on any atom is 0.141 e. The van der Waals surface area contributed by atoms with Gasteiger partial charge in [0.1, 0.15) is 17.4 Å². The Balaban J connectivity index is 1.91. The van der Waals surface area contributed by atoms with Crippen LogP contribution in [0.25, 0.3) is 0 Å². The second-order valence-electron chi connectivity index (χ2n) is 4.98. The third-order valence-electron chi connectivity index (χ3n) is 3.49. The number of halogens is 1. The average Bonchev–Trinajstić information content (AvgIpc) is 2.51. The van der Waals surface area contributed by atoms with Crippen molar-refractivity contribution in [3.63, 3.8) is 0 Å². The maximum atomic E-state index is 5.96. The minimum absolute atomic E-state index is 0.103. The molecular weight excluding hydrogens is 334 g/mol. The molecule has 0 saturated carbocycles. The molecule has 0 saturated heterocycles. The van der Waals surface area contributed by atoms with E-state index in [0.29, 0.717) is 29.3 Å². The molecule has 0 radical (unpaired) electrons. The maximum absolute atomic E-state index is 5.96. The standard InChI is InChI=1S/C15H16BrN3O2/c1-20-8-11-13(16)14(17)19-15(18-11)10-6-9-4-2-3-5-12(9)21-7-10/h2-5,10H,6-8H2,1H3,(H2,17,18,19). The second-order valence-corrected chi connectivity index (χ2v) is 5.77. The summed E-state index contributed by atoms with van der Waals surface area (Å²) in [6.45, 7) is 0.953. The van der Waals surface area contributed by atoms with Gasteiger partial charge in [0.2, 0.25) is 0 Å². The Hall–Kier alpha value is -1.66. The number of hydrogen-bond donors (Lipinski definition) is 1. The van der Waals surface area contributed by atoms with Crippen molar-refractivity contribution >= 4 is 21.7 Å². The van der Waals surface area contributed by atoms with Crippen LogP contribution in [0.5, 0.6) is 5.75 Å². The Labute approximate surface area is 131 Å². The van der Waals surface area contributed by atoms with E-state index in [1.54, 1.807) is 7.11 Å². The summed E-state index contributed by atoms with van der Waals surface area (Å²) in [6.07, 6.45) is 0.851. The molecule has 2 heterocycles. The van der Waals surface area contributed by atoms with Crippen LogP contribution in [0.4, 0.5) is 5.82 Å². The molecule has 5 nitrogen and oxygen atoms in total. The van der Waals surface area contributed by atoms with Crippen LogP contribution in [-0.2, 0) is 17.8 Å². The monoisotopic (exact) mass is 349 g/mol. The smallest absolute Gasteiger partial charge is 0.141 e. The van der Waals surface area contributed by atoms with Crippen LogP contribution in [0, 0.1) is 0 Å². The third kappa shape index (κ3) is 2.87. The van der Waals surface area contributed by atoms with Crippen LogP contribution >= 0.6 is 15.9 Å². The molecule has 0 aliphatic carbocycles. The van der Waals surface area contributed by atoms with E-state index in [-0.39, 0.29) is 5.92 Å². The van der Waals surface area contributed by atoms with Crippen molar-refractivity contribution < 1.29 is 9.47 Å². The lowest BCUT2D eigenvalue weighted by Gasteiger charge is -2.24. The number of benzene rings is 1. The van der Waals surface area contributed by atoms with Gasteiger partial charge in [-0.15, -0.1) is 0 Å². The molecule has 0 fully saturated rings. The highest BCUT2D eigenvalue weighted by molar-refractivity contribution is 9.10. The van der Waals surface area contributed by atoms with Gasteiger partial charge in [-0.25, -0.2) is 9.97 Å². The van der Waals surface area contributed by atoms with E-state index in [1.807, 2.05) is 18.2 Å². The van der Waals surface area contributed by atoms with E-state index in [0.717, 1.165) is 17.9 Å². The molecule has 110 valence electrons. The summed E-state index contributed by atoms with van der Waals surface area (Å²) < 4.78 is 11.7. The summed E-state index contributed by atoms with van der Waals surface area (Å²) in [6, 6.07) is 8.04. The van der Waals surface area contributed by atoms with Gasteiger partial charge in [0.05, 0.1) is 29.3 Å². The molecule has 1 aromatic heterocycles. The lowest BCUT2D eigenvalue weighted by molar-refractivity contribution is 0.180. The zero-order valence-electron chi connectivity index (χ0n) is 11.7. The van der Waals surface area contributed by atoms with Crippen molar-refractivity contribution in [3.8, 4) is 5.75 Å². The fourth-order valence-corrected chi connectivity index (χ4v) is 2.73. The van der Waals surface area contributed by atoms with Crippen molar-refractivity contribution in [2.75, 3.05) is 19.5 Å². The molecule has 1 aromatic carbocycles. The zero-order valence-corrected chi connectivity index (χ0v) is 13.3. The molecule has 1 aliphatic heterocycles. The quantitative estimate of drug-likeness (QED) is 0.922. The third-order valence-corrected chi connectivity index (χ3v) is 4.35. The van der Waals surface area contributed by atoms with Crippen LogP contribution in [0.15, 0.2) is 28.7 Å². The fourth-order valence-electron chi connectivity index (χ4n) is 2.44. The molecule has 2 N–H and O–H groups in total. The molecule has 1 aliphatic rings. The minimum atomic E-state index is 0.103. The number of nitrogen functional groups attached to an aromatic ring is 1. The fraction of sp³-hybridized carbons (Fsp3) is 0.333. The zero-order chi connectivity index (χ0) is 14.8. The van der Waals surface area contributed by atoms with Gasteiger partial charge in [-0.3, -0.25) is 0 Å². The van der Waals surface area contributed by atoms with Gasteiger partial charge in [0, 0.05) is 7.11 Å². The minimum Gasteiger partial charge on any atom is -0.493 e. The lowest BCUT2D eigenvalue weighted by Crippen LogP contribution is -2.22. The van der Waals surface area contributed by atoms with Gasteiger partial charge < -0.3 is 15.2 Å². The van der Waals surface area contributed by atoms with Crippen LogP contribution < -0.4 is 10.5 Å². The first-order valence-electron chi connectivity index (χ1n) is 6.70. The SMILES string of the molecule is COCc1nc(C2COc3ccccc3C2)nc(N)c1Br. The van der Waals surface area contributed by atoms with Gasteiger partial charge in [-0.2, -0.15) is 0 Å². The number of ether oxygens (including phenoxy) is 2. The first-order chi connectivity index (χ1) is 10.2. The summed E-state index contributed by atoms with van der Waals surface area (Å²) in [7, 11) is 1.63. The molecular formula is C15H16BrN3O2. The highest BCUT2D eigenvalue weighted by Crippen LogP contribution is 2.32. The van der Waals surface area contributed by atoms with Crippen molar-refractivity contribution in [2.45, 2.75) is 18.9 Å². The Morgan fingerprint density at radius 2 is 2.19 bits per heavy atom. The van der Waals surface area contributed by atoms with E-state index < -0.39 is 0 Å². The molecule has 0 spiro atoms. The van der Waals surface area contributed by atoms with Crippen LogP contribution in [-0.4, -0.2) is 23.7 Å². The first-order valence-corrected chi connectivity index (χ1v) is 7.49. The van der Waals surface area contributed by atoms with Crippen molar-refractivity contribution in [3.05, 3.63) is 45.8 Å². The largest absolute Gasteiger partial charge is 0.493 e. The number of hydrogen-bond acceptors (Lipinski definition) is 5. The van der Waals surface area contributed by atoms with Gasteiger partial charge in [0.25, 0.3) is 0 Å². The Morgan fingerprint density at radius 3 is 3.00 bits per heavy atom. The molecule has 3 rings (SSSR count). The van der Waals surface area contributed by atoms with Gasteiger partial charge in [-0.05, 0) is 34.0 Å². The van der Waals surface area contributed by atoms with Crippen molar-refractivity contribution in [1.29, 1.82) is 0 Å². The number of nitrogens with two attached hydrogens (primary N) is 1. The Morgan fingerprint density at radius 1 is 1.38 bits per heavy atom. The van der Waals surface area contributed by atoms with Gasteiger partial charge in [-0.1, -0.05) is 18.2 Å². The number of anilines is 1. The molecule has 21 heavy (non-hydrogen) atoms. The normalized spacial score (nSPS) is 17.1. The molecule has 1 atom stereocenters. The number of fused-ring (bicyclic) bond motifs is 1. The lowest BCUT2D eigenvalue weighted by atomic mass is 9.96. The number of nitrogens with zero attached hydrogens (tertiary/aromatic N) is 2. The number of rotatable bonds is 3. The molecule has 2 aromatic rings. The van der Waals surface area contributed by atoms with Crippen LogP contribution in [0.2, 0.25) is 0 Å². The van der Waals surface area contributed by atoms with Gasteiger partial charge in [0.15, 0.2) is 0 Å². The molecule has 6 heteroatoms. The molecule has 0 bridgehead atoms. The number of aromatic nitrogens is 2. The van der Waals surface area contributed by atoms with E-state index in [9.17, 15) is 0 Å². The summed E-state index contributed by atoms with van der Waals surface area (Å²) in [4.78, 5) is 8.97. The van der Waals surface area contributed by atoms with Crippen molar-refractivity contribution in [1.82, 2.24) is 9.97 Å². The molecule has 0 amide bonds. The second kappa shape index (κ2) is 5.99. The predicted molar refractivity (Wildman–Crippen MR) is 83.2 cm³/mol. The number of methoxy groups -OCH3 is 1. The summed E-state index contributed by atoms with van der Waals surface area (Å²) in [5.41, 5.74) is 7.89. The Bertz CT molecular complexity index is 663. The highest BCUT2D eigenvalue weighted by atomic mass is 79.9. The predicted octanol–water partition coefficient (Wildman–Crippen LogP) is 2.69. The van der Waals surface area contributed by atoms with Crippen LogP contribution in [0.3, 0.4) is 0 Å². The van der Waals surface area contributed by atoms with E-state index in [2.05, 4.69) is 32.0 Å². The van der Waals surface area contributed by atoms with Gasteiger partial charge >= 0.3 is 0 Å². The van der Waals surface area contributed by atoms with Crippen LogP contribution in [0.1, 0.15) is 23.0 Å². The number of para-hydroxylation sites is 1. The van der Waals surface area contributed by atoms with E-state index in [1.165, 1.54) is 5.56 Å².